The number of fused-ring (bicyclic) bond motifs is 1. The van der Waals surface area contributed by atoms with E-state index in [9.17, 15) is 9.36 Å². The fraction of sp³-hybridized carbons (Fsp3) is 0.500. The van der Waals surface area contributed by atoms with E-state index in [1.165, 1.54) is 6.33 Å². The monoisotopic (exact) mass is 314 g/mol. The summed E-state index contributed by atoms with van der Waals surface area (Å²) in [7, 11) is -2.64. The van der Waals surface area contributed by atoms with Gasteiger partial charge in [-0.1, -0.05) is 0 Å². The van der Waals surface area contributed by atoms with Gasteiger partial charge in [-0.3, -0.25) is 14.3 Å². The molecule has 1 aliphatic heterocycles. The third-order valence-electron chi connectivity index (χ3n) is 3.22. The first kappa shape index (κ1) is 14.1. The van der Waals surface area contributed by atoms with Crippen LogP contribution in [0.3, 0.4) is 0 Å². The van der Waals surface area contributed by atoms with Crippen LogP contribution in [-0.2, 0) is 13.8 Å². The number of anilines is 1. The van der Waals surface area contributed by atoms with Gasteiger partial charge >= 0.3 is 8.25 Å². The lowest BCUT2D eigenvalue weighted by atomic mass is 10.2. The molecule has 0 amide bonds. The highest BCUT2D eigenvalue weighted by Crippen LogP contribution is 2.31. The number of nitrogen functional groups attached to an aromatic ring is 1. The van der Waals surface area contributed by atoms with Gasteiger partial charge in [0.1, 0.15) is 12.8 Å². The van der Waals surface area contributed by atoms with E-state index in [4.69, 9.17) is 15.4 Å². The molecule has 3 heterocycles. The predicted octanol–water partition coefficient (Wildman–Crippen LogP) is 0.0457. The van der Waals surface area contributed by atoms with E-state index < -0.39 is 13.8 Å². The molecule has 0 radical (unpaired) electrons. The topological polar surface area (TPSA) is 145 Å². The van der Waals surface area contributed by atoms with Crippen molar-refractivity contribution in [1.82, 2.24) is 19.5 Å². The number of aromatic amines is 1. The van der Waals surface area contributed by atoms with Gasteiger partial charge in [0.05, 0.1) is 12.4 Å². The predicted molar refractivity (Wildman–Crippen MR) is 71.5 cm³/mol. The molecule has 0 spiro atoms. The quantitative estimate of drug-likeness (QED) is 0.671. The van der Waals surface area contributed by atoms with Crippen LogP contribution in [0.4, 0.5) is 5.95 Å². The highest BCUT2D eigenvalue weighted by atomic mass is 31.1. The molecule has 0 bridgehead atoms. The third-order valence-corrected chi connectivity index (χ3v) is 3.59. The maximum Gasteiger partial charge on any atom is 0.694 e. The Hall–Kier alpha value is -1.87. The van der Waals surface area contributed by atoms with E-state index in [1.807, 2.05) is 0 Å². The van der Waals surface area contributed by atoms with Crippen molar-refractivity contribution < 1.29 is 18.7 Å². The van der Waals surface area contributed by atoms with Gasteiger partial charge in [-0.05, 0) is 12.8 Å². The van der Waals surface area contributed by atoms with E-state index in [0.29, 0.717) is 18.5 Å². The molecule has 1 unspecified atom stereocenters. The number of nitrogens with two attached hydrogens (primary N) is 1. The number of H-pyrrole nitrogens is 1. The molecule has 2 aromatic rings. The maximum atomic E-state index is 11.7. The summed E-state index contributed by atoms with van der Waals surface area (Å²) in [5.41, 5.74) is 5.65. The maximum absolute atomic E-state index is 11.7. The average Bonchev–Trinajstić information content (AvgIpc) is 3.02. The summed E-state index contributed by atoms with van der Waals surface area (Å²) in [6, 6.07) is 0. The van der Waals surface area contributed by atoms with Crippen LogP contribution >= 0.6 is 8.25 Å². The SMILES string of the molecule is Nc1nc2c(ncn2[C@H]2CC[C@@H](CO[P+](=O)O)O2)c(=O)[nH]1. The molecule has 4 N–H and O–H groups in total. The number of hydrogen-bond acceptors (Lipinski definition) is 7. The summed E-state index contributed by atoms with van der Waals surface area (Å²) in [6.07, 6.45) is 2.11. The Kier molecular flexibility index (Phi) is 3.68. The van der Waals surface area contributed by atoms with Crippen LogP contribution in [-0.4, -0.2) is 37.1 Å². The van der Waals surface area contributed by atoms with Crippen molar-refractivity contribution >= 4 is 25.4 Å². The molecule has 21 heavy (non-hydrogen) atoms. The fourth-order valence-corrected chi connectivity index (χ4v) is 2.61. The van der Waals surface area contributed by atoms with E-state index >= 15 is 0 Å². The van der Waals surface area contributed by atoms with Gasteiger partial charge in [-0.15, -0.1) is 9.42 Å². The van der Waals surface area contributed by atoms with Crippen molar-refractivity contribution in [3.05, 3.63) is 16.7 Å². The van der Waals surface area contributed by atoms with Gasteiger partial charge in [-0.25, -0.2) is 4.98 Å². The number of nitrogens with one attached hydrogen (secondary N) is 1. The summed E-state index contributed by atoms with van der Waals surface area (Å²) in [6.45, 7) is 0.0327. The number of rotatable bonds is 4. The minimum Gasteiger partial charge on any atom is -0.369 e. The molecule has 0 aromatic carbocycles. The van der Waals surface area contributed by atoms with Crippen LogP contribution in [0.2, 0.25) is 0 Å². The van der Waals surface area contributed by atoms with Crippen molar-refractivity contribution in [3.63, 3.8) is 0 Å². The average molecular weight is 314 g/mol. The zero-order chi connectivity index (χ0) is 15.0. The summed E-state index contributed by atoms with van der Waals surface area (Å²) < 4.78 is 22.5. The van der Waals surface area contributed by atoms with Crippen molar-refractivity contribution in [2.45, 2.75) is 25.2 Å². The number of ether oxygens (including phenoxy) is 1. The third kappa shape index (κ3) is 2.79. The first-order valence-electron chi connectivity index (χ1n) is 6.21. The van der Waals surface area contributed by atoms with Crippen molar-refractivity contribution in [2.75, 3.05) is 12.3 Å². The molecule has 10 nitrogen and oxygen atoms in total. The van der Waals surface area contributed by atoms with Gasteiger partial charge in [-0.2, -0.15) is 4.98 Å². The van der Waals surface area contributed by atoms with E-state index in [1.54, 1.807) is 4.57 Å². The standard InChI is InChI=1S/C10H12N5O5P/c11-10-13-8-7(9(16)14-10)12-4-15(8)6-2-1-5(20-6)3-19-21(17)18/h4-6H,1-3H2,(H3-,11,13,14,16,17,18)/p+1/t5-,6+/m0/s1. The molecular weight excluding hydrogens is 301 g/mol. The first-order chi connectivity index (χ1) is 10.0. The Labute approximate surface area is 118 Å². The van der Waals surface area contributed by atoms with Crippen LogP contribution in [0.1, 0.15) is 19.1 Å². The Balaban J connectivity index is 1.82. The van der Waals surface area contributed by atoms with Gasteiger partial charge in [0.25, 0.3) is 5.56 Å². The molecule has 1 fully saturated rings. The fourth-order valence-electron chi connectivity index (χ4n) is 2.31. The molecule has 0 saturated carbocycles. The Morgan fingerprint density at radius 2 is 2.43 bits per heavy atom. The van der Waals surface area contributed by atoms with Crippen LogP contribution in [0.25, 0.3) is 11.2 Å². The summed E-state index contributed by atoms with van der Waals surface area (Å²) in [5, 5.41) is 0. The number of hydrogen-bond donors (Lipinski definition) is 3. The van der Waals surface area contributed by atoms with Crippen LogP contribution < -0.4 is 11.3 Å². The van der Waals surface area contributed by atoms with Crippen molar-refractivity contribution in [1.29, 1.82) is 0 Å². The van der Waals surface area contributed by atoms with Crippen LogP contribution in [0.5, 0.6) is 0 Å². The van der Waals surface area contributed by atoms with Gasteiger partial charge < -0.3 is 10.5 Å². The second-order valence-electron chi connectivity index (χ2n) is 4.60. The number of imidazole rings is 1. The number of aromatic nitrogens is 4. The molecule has 0 aliphatic carbocycles. The molecular formula is C10H13N5O5P+. The molecule has 3 atom stereocenters. The molecule has 3 rings (SSSR count). The van der Waals surface area contributed by atoms with E-state index in [2.05, 4.69) is 19.5 Å². The first-order valence-corrected chi connectivity index (χ1v) is 7.34. The molecule has 1 aliphatic rings. The van der Waals surface area contributed by atoms with Crippen LogP contribution in [0.15, 0.2) is 11.1 Å². The molecule has 2 aromatic heterocycles. The van der Waals surface area contributed by atoms with Crippen LogP contribution in [0, 0.1) is 0 Å². The summed E-state index contributed by atoms with van der Waals surface area (Å²) in [5.74, 6) is 0.00408. The second kappa shape index (κ2) is 5.49. The lowest BCUT2D eigenvalue weighted by Gasteiger charge is -2.13. The summed E-state index contributed by atoms with van der Waals surface area (Å²) >= 11 is 0. The summed E-state index contributed by atoms with van der Waals surface area (Å²) in [4.78, 5) is 30.8. The smallest absolute Gasteiger partial charge is 0.369 e. The highest BCUT2D eigenvalue weighted by molar-refractivity contribution is 7.32. The van der Waals surface area contributed by atoms with Crippen molar-refractivity contribution in [3.8, 4) is 0 Å². The minimum atomic E-state index is -2.64. The Morgan fingerprint density at radius 3 is 3.19 bits per heavy atom. The largest absolute Gasteiger partial charge is 0.694 e. The van der Waals surface area contributed by atoms with Gasteiger partial charge in [0, 0.05) is 4.57 Å². The highest BCUT2D eigenvalue weighted by Gasteiger charge is 2.30. The Bertz CT molecular complexity index is 743. The zero-order valence-corrected chi connectivity index (χ0v) is 11.7. The molecule has 11 heteroatoms. The number of nitrogens with zero attached hydrogens (tertiary/aromatic N) is 3. The van der Waals surface area contributed by atoms with Gasteiger partial charge in [0.2, 0.25) is 5.95 Å². The lowest BCUT2D eigenvalue weighted by molar-refractivity contribution is -0.0162. The van der Waals surface area contributed by atoms with Crippen molar-refractivity contribution in [2.24, 2.45) is 0 Å². The van der Waals surface area contributed by atoms with E-state index in [0.717, 1.165) is 0 Å². The second-order valence-corrected chi connectivity index (χ2v) is 5.33. The zero-order valence-electron chi connectivity index (χ0n) is 10.8. The molecule has 112 valence electrons. The van der Waals surface area contributed by atoms with Gasteiger partial charge in [0.15, 0.2) is 11.2 Å². The normalized spacial score (nSPS) is 22.8. The minimum absolute atomic E-state index is 0.00408. The lowest BCUT2D eigenvalue weighted by Crippen LogP contribution is -2.16. The van der Waals surface area contributed by atoms with E-state index in [-0.39, 0.29) is 30.4 Å². The molecule has 1 saturated heterocycles. The Morgan fingerprint density at radius 1 is 1.62 bits per heavy atom.